The SMILES string of the molecule is OC1(c2ccccc2)Nc2ccccc2N=C1c1ccccc1. The zero-order valence-electron chi connectivity index (χ0n) is 12.5. The number of anilines is 1. The largest absolute Gasteiger partial charge is 0.362 e. The number of para-hydroxylation sites is 2. The molecule has 0 saturated carbocycles. The Kier molecular flexibility index (Phi) is 3.21. The van der Waals surface area contributed by atoms with Crippen molar-refractivity contribution in [2.45, 2.75) is 5.72 Å². The molecular weight excluding hydrogens is 284 g/mol. The van der Waals surface area contributed by atoms with Crippen LogP contribution in [0.5, 0.6) is 0 Å². The second-order valence-electron chi connectivity index (χ2n) is 5.55. The van der Waals surface area contributed by atoms with Gasteiger partial charge in [0.2, 0.25) is 5.72 Å². The van der Waals surface area contributed by atoms with Gasteiger partial charge in [-0.05, 0) is 12.1 Å². The second kappa shape index (κ2) is 5.38. The highest BCUT2D eigenvalue weighted by Gasteiger charge is 2.39. The lowest BCUT2D eigenvalue weighted by Gasteiger charge is -2.36. The molecule has 23 heavy (non-hydrogen) atoms. The van der Waals surface area contributed by atoms with Crippen molar-refractivity contribution in [3.63, 3.8) is 0 Å². The first-order valence-electron chi connectivity index (χ1n) is 7.57. The number of fused-ring (bicyclic) bond motifs is 1. The van der Waals surface area contributed by atoms with Crippen molar-refractivity contribution in [3.8, 4) is 0 Å². The average Bonchev–Trinajstić information content (AvgIpc) is 2.62. The van der Waals surface area contributed by atoms with Crippen molar-refractivity contribution < 1.29 is 5.11 Å². The summed E-state index contributed by atoms with van der Waals surface area (Å²) in [5, 5.41) is 14.7. The monoisotopic (exact) mass is 300 g/mol. The normalized spacial score (nSPS) is 19.4. The van der Waals surface area contributed by atoms with Crippen LogP contribution in [-0.2, 0) is 5.72 Å². The molecule has 3 heteroatoms. The molecule has 0 spiro atoms. The van der Waals surface area contributed by atoms with E-state index >= 15 is 0 Å². The molecule has 0 radical (unpaired) electrons. The highest BCUT2D eigenvalue weighted by molar-refractivity contribution is 6.11. The van der Waals surface area contributed by atoms with E-state index in [2.05, 4.69) is 5.32 Å². The molecule has 1 atom stereocenters. The van der Waals surface area contributed by atoms with Crippen LogP contribution in [0.2, 0.25) is 0 Å². The van der Waals surface area contributed by atoms with Gasteiger partial charge in [0.05, 0.1) is 11.4 Å². The number of rotatable bonds is 2. The highest BCUT2D eigenvalue weighted by atomic mass is 16.3. The maximum Gasteiger partial charge on any atom is 0.207 e. The lowest BCUT2D eigenvalue weighted by atomic mass is 9.90. The Morgan fingerprint density at radius 3 is 2.09 bits per heavy atom. The third kappa shape index (κ3) is 2.31. The minimum Gasteiger partial charge on any atom is -0.362 e. The van der Waals surface area contributed by atoms with E-state index in [1.165, 1.54) is 0 Å². The van der Waals surface area contributed by atoms with Gasteiger partial charge < -0.3 is 10.4 Å². The fourth-order valence-corrected chi connectivity index (χ4v) is 2.89. The van der Waals surface area contributed by atoms with Crippen molar-refractivity contribution in [2.24, 2.45) is 4.99 Å². The van der Waals surface area contributed by atoms with Crippen LogP contribution in [0.4, 0.5) is 11.4 Å². The van der Waals surface area contributed by atoms with Gasteiger partial charge in [0, 0.05) is 11.1 Å². The first kappa shape index (κ1) is 13.7. The van der Waals surface area contributed by atoms with Crippen LogP contribution in [0, 0.1) is 0 Å². The maximum atomic E-state index is 11.5. The van der Waals surface area contributed by atoms with E-state index in [0.717, 1.165) is 22.5 Å². The molecule has 0 aliphatic carbocycles. The van der Waals surface area contributed by atoms with Gasteiger partial charge in [-0.15, -0.1) is 0 Å². The molecule has 3 aromatic rings. The molecule has 0 saturated heterocycles. The molecule has 112 valence electrons. The minimum absolute atomic E-state index is 0.600. The van der Waals surface area contributed by atoms with E-state index < -0.39 is 5.72 Å². The third-order valence-electron chi connectivity index (χ3n) is 4.03. The number of nitrogens with one attached hydrogen (secondary N) is 1. The minimum atomic E-state index is -1.36. The molecule has 1 unspecified atom stereocenters. The number of benzene rings is 3. The van der Waals surface area contributed by atoms with Gasteiger partial charge in [0.15, 0.2) is 0 Å². The Morgan fingerprint density at radius 1 is 0.739 bits per heavy atom. The summed E-state index contributed by atoms with van der Waals surface area (Å²) in [4.78, 5) is 4.75. The molecule has 0 bridgehead atoms. The summed E-state index contributed by atoms with van der Waals surface area (Å²) in [5.41, 5.74) is 2.53. The van der Waals surface area contributed by atoms with Crippen LogP contribution >= 0.6 is 0 Å². The van der Waals surface area contributed by atoms with E-state index in [9.17, 15) is 5.11 Å². The van der Waals surface area contributed by atoms with E-state index in [4.69, 9.17) is 4.99 Å². The van der Waals surface area contributed by atoms with E-state index in [0.29, 0.717) is 5.71 Å². The maximum absolute atomic E-state index is 11.5. The summed E-state index contributed by atoms with van der Waals surface area (Å²) in [6, 6.07) is 27.1. The smallest absolute Gasteiger partial charge is 0.207 e. The Balaban J connectivity index is 1.95. The van der Waals surface area contributed by atoms with Gasteiger partial charge >= 0.3 is 0 Å². The Bertz CT molecular complexity index is 859. The molecule has 1 aliphatic rings. The average molecular weight is 300 g/mol. The zero-order chi connectivity index (χ0) is 15.7. The summed E-state index contributed by atoms with van der Waals surface area (Å²) in [6.07, 6.45) is 0. The van der Waals surface area contributed by atoms with Gasteiger partial charge in [-0.2, -0.15) is 0 Å². The first-order valence-corrected chi connectivity index (χ1v) is 7.57. The summed E-state index contributed by atoms with van der Waals surface area (Å²) in [6.45, 7) is 0. The molecule has 3 nitrogen and oxygen atoms in total. The summed E-state index contributed by atoms with van der Waals surface area (Å²) >= 11 is 0. The Labute approximate surface area is 135 Å². The predicted octanol–water partition coefficient (Wildman–Crippen LogP) is 4.08. The van der Waals surface area contributed by atoms with Crippen LogP contribution < -0.4 is 5.32 Å². The van der Waals surface area contributed by atoms with Gasteiger partial charge in [0.25, 0.3) is 0 Å². The topological polar surface area (TPSA) is 44.6 Å². The van der Waals surface area contributed by atoms with Crippen LogP contribution in [0.1, 0.15) is 11.1 Å². The third-order valence-corrected chi connectivity index (χ3v) is 4.03. The Morgan fingerprint density at radius 2 is 1.35 bits per heavy atom. The van der Waals surface area contributed by atoms with Crippen molar-refractivity contribution in [1.82, 2.24) is 0 Å². The van der Waals surface area contributed by atoms with Crippen molar-refractivity contribution in [3.05, 3.63) is 96.1 Å². The summed E-state index contributed by atoms with van der Waals surface area (Å²) < 4.78 is 0. The lowest BCUT2D eigenvalue weighted by Crippen LogP contribution is -2.45. The van der Waals surface area contributed by atoms with Gasteiger partial charge in [-0.25, -0.2) is 4.99 Å². The van der Waals surface area contributed by atoms with Crippen molar-refractivity contribution in [1.29, 1.82) is 0 Å². The Hall–Kier alpha value is -2.91. The predicted molar refractivity (Wildman–Crippen MR) is 93.0 cm³/mol. The van der Waals surface area contributed by atoms with Gasteiger partial charge in [-0.3, -0.25) is 0 Å². The molecule has 2 N–H and O–H groups in total. The van der Waals surface area contributed by atoms with E-state index in [-0.39, 0.29) is 0 Å². The molecule has 1 heterocycles. The van der Waals surface area contributed by atoms with Crippen molar-refractivity contribution in [2.75, 3.05) is 5.32 Å². The van der Waals surface area contributed by atoms with Crippen LogP contribution in [0.3, 0.4) is 0 Å². The standard InChI is InChI=1S/C20H16N2O/c23-20(16-11-5-2-6-12-16)19(15-9-3-1-4-10-15)21-17-13-7-8-14-18(17)22-20/h1-14,22-23H. The number of hydrogen-bond donors (Lipinski definition) is 2. The molecule has 1 aliphatic heterocycles. The molecule has 4 rings (SSSR count). The zero-order valence-corrected chi connectivity index (χ0v) is 12.5. The number of nitrogens with zero attached hydrogens (tertiary/aromatic N) is 1. The fraction of sp³-hybridized carbons (Fsp3) is 0.0500. The fourth-order valence-electron chi connectivity index (χ4n) is 2.89. The number of aliphatic hydroxyl groups is 1. The molecule has 3 aromatic carbocycles. The van der Waals surface area contributed by atoms with E-state index in [1.807, 2.05) is 84.9 Å². The highest BCUT2D eigenvalue weighted by Crippen LogP contribution is 2.38. The summed E-state index contributed by atoms with van der Waals surface area (Å²) in [5.74, 6) is 0. The second-order valence-corrected chi connectivity index (χ2v) is 5.55. The quantitative estimate of drug-likeness (QED) is 0.749. The summed E-state index contributed by atoms with van der Waals surface area (Å²) in [7, 11) is 0. The molecular formula is C20H16N2O. The number of aliphatic imine (C=N–C) groups is 1. The molecule has 0 aromatic heterocycles. The lowest BCUT2D eigenvalue weighted by molar-refractivity contribution is 0.142. The van der Waals surface area contributed by atoms with E-state index in [1.54, 1.807) is 0 Å². The number of hydrogen-bond acceptors (Lipinski definition) is 3. The molecule has 0 amide bonds. The van der Waals surface area contributed by atoms with Crippen LogP contribution in [-0.4, -0.2) is 10.8 Å². The van der Waals surface area contributed by atoms with Crippen LogP contribution in [0.15, 0.2) is 89.9 Å². The van der Waals surface area contributed by atoms with Gasteiger partial charge in [0.1, 0.15) is 5.71 Å². The molecule has 0 fully saturated rings. The first-order chi connectivity index (χ1) is 11.3. The van der Waals surface area contributed by atoms with Crippen LogP contribution in [0.25, 0.3) is 0 Å². The van der Waals surface area contributed by atoms with Crippen molar-refractivity contribution >= 4 is 17.1 Å². The van der Waals surface area contributed by atoms with Gasteiger partial charge in [-0.1, -0.05) is 72.8 Å².